The molecule has 3 rings (SSSR count). The summed E-state index contributed by atoms with van der Waals surface area (Å²) < 4.78 is 14.0. The van der Waals surface area contributed by atoms with Crippen LogP contribution >= 0.6 is 0 Å². The Morgan fingerprint density at radius 2 is 1.55 bits per heavy atom. The van der Waals surface area contributed by atoms with Crippen LogP contribution in [-0.2, 0) is 15.6 Å². The van der Waals surface area contributed by atoms with Crippen LogP contribution in [0.4, 0.5) is 4.39 Å². The van der Waals surface area contributed by atoms with Crippen LogP contribution in [0.5, 0.6) is 0 Å². The fraction of sp³-hybridized carbons (Fsp3) is 0.286. The Bertz CT molecular complexity index is 1130. The molecule has 3 aromatic carbocycles. The number of nitrogens with zero attached hydrogens (tertiary/aromatic N) is 1. The van der Waals surface area contributed by atoms with Crippen LogP contribution < -0.4 is 0 Å². The Morgan fingerprint density at radius 1 is 0.871 bits per heavy atom. The maximum atomic E-state index is 14.0. The first-order valence-corrected chi connectivity index (χ1v) is 10.4. The molecule has 0 heterocycles. The maximum absolute atomic E-state index is 14.0. The molecule has 3 heteroatoms. The van der Waals surface area contributed by atoms with Gasteiger partial charge in [-0.05, 0) is 51.4 Å². The molecule has 0 saturated heterocycles. The molecule has 0 amide bonds. The topological polar surface area (TPSA) is 40.9 Å². The molecule has 0 aliphatic rings. The molecule has 158 valence electrons. The SMILES string of the molecule is CC(C)(C)c1ccc(C(C=O)C(C)(C)c2cccc(-c3cc(F)cc(C#N)c3)c2)cc1. The third-order valence-electron chi connectivity index (χ3n) is 6.02. The van der Waals surface area contributed by atoms with Crippen LogP contribution in [0.2, 0.25) is 0 Å². The van der Waals surface area contributed by atoms with Gasteiger partial charge in [0.1, 0.15) is 12.1 Å². The zero-order valence-electron chi connectivity index (χ0n) is 18.7. The highest BCUT2D eigenvalue weighted by atomic mass is 19.1. The fourth-order valence-corrected chi connectivity index (χ4v) is 3.96. The van der Waals surface area contributed by atoms with Gasteiger partial charge >= 0.3 is 0 Å². The van der Waals surface area contributed by atoms with Gasteiger partial charge in [0.15, 0.2) is 0 Å². The van der Waals surface area contributed by atoms with Gasteiger partial charge in [-0.2, -0.15) is 5.26 Å². The Kier molecular flexibility index (Phi) is 6.13. The van der Waals surface area contributed by atoms with Crippen molar-refractivity contribution in [1.82, 2.24) is 0 Å². The highest BCUT2D eigenvalue weighted by molar-refractivity contribution is 5.69. The lowest BCUT2D eigenvalue weighted by molar-refractivity contribution is -0.110. The van der Waals surface area contributed by atoms with Gasteiger partial charge in [0, 0.05) is 11.3 Å². The second kappa shape index (κ2) is 8.47. The second-order valence-corrected chi connectivity index (χ2v) is 9.63. The summed E-state index contributed by atoms with van der Waals surface area (Å²) in [6.07, 6.45) is 1.01. The van der Waals surface area contributed by atoms with E-state index in [1.54, 1.807) is 6.07 Å². The summed E-state index contributed by atoms with van der Waals surface area (Å²) in [4.78, 5) is 12.2. The average molecular weight is 414 g/mol. The van der Waals surface area contributed by atoms with Gasteiger partial charge in [0.05, 0.1) is 11.6 Å². The second-order valence-electron chi connectivity index (χ2n) is 9.63. The van der Waals surface area contributed by atoms with E-state index < -0.39 is 11.2 Å². The Morgan fingerprint density at radius 3 is 2.13 bits per heavy atom. The molecular weight excluding hydrogens is 385 g/mol. The van der Waals surface area contributed by atoms with Crippen LogP contribution in [0.1, 0.15) is 62.8 Å². The van der Waals surface area contributed by atoms with Gasteiger partial charge in [-0.25, -0.2) is 4.39 Å². The van der Waals surface area contributed by atoms with E-state index in [1.165, 1.54) is 17.7 Å². The molecule has 3 aromatic rings. The highest BCUT2D eigenvalue weighted by Gasteiger charge is 2.33. The molecule has 0 bridgehead atoms. The molecule has 0 N–H and O–H groups in total. The normalized spacial score (nSPS) is 12.8. The van der Waals surface area contributed by atoms with E-state index in [0.717, 1.165) is 23.0 Å². The minimum absolute atomic E-state index is 0.0479. The van der Waals surface area contributed by atoms with E-state index in [0.29, 0.717) is 5.56 Å². The predicted molar refractivity (Wildman–Crippen MR) is 124 cm³/mol. The third-order valence-corrected chi connectivity index (χ3v) is 6.02. The van der Waals surface area contributed by atoms with E-state index >= 15 is 0 Å². The first-order valence-electron chi connectivity index (χ1n) is 10.4. The molecule has 0 saturated carbocycles. The standard InChI is InChI=1S/C28H28FNO/c1-27(2,3)23-11-9-20(10-12-23)26(18-31)28(4,5)24-8-6-7-21(15-24)22-13-19(17-30)14-25(29)16-22/h6-16,18,26H,1-5H3. The highest BCUT2D eigenvalue weighted by Crippen LogP contribution is 2.39. The third kappa shape index (κ3) is 4.75. The van der Waals surface area contributed by atoms with Gasteiger partial charge in [-0.3, -0.25) is 0 Å². The van der Waals surface area contributed by atoms with Crippen molar-refractivity contribution in [3.8, 4) is 17.2 Å². The Labute approximate surface area is 184 Å². The van der Waals surface area contributed by atoms with E-state index in [9.17, 15) is 9.18 Å². The monoisotopic (exact) mass is 413 g/mol. The number of rotatable bonds is 5. The average Bonchev–Trinajstić information content (AvgIpc) is 2.73. The van der Waals surface area contributed by atoms with Crippen molar-refractivity contribution in [3.05, 3.63) is 94.8 Å². The van der Waals surface area contributed by atoms with Crippen LogP contribution in [-0.4, -0.2) is 6.29 Å². The fourth-order valence-electron chi connectivity index (χ4n) is 3.96. The molecule has 0 aliphatic heterocycles. The summed E-state index contributed by atoms with van der Waals surface area (Å²) in [7, 11) is 0. The molecule has 0 aliphatic carbocycles. The van der Waals surface area contributed by atoms with Crippen molar-refractivity contribution in [2.24, 2.45) is 0 Å². The van der Waals surface area contributed by atoms with Crippen molar-refractivity contribution in [2.75, 3.05) is 0 Å². The number of nitriles is 1. The van der Waals surface area contributed by atoms with Crippen LogP contribution in [0.3, 0.4) is 0 Å². The molecule has 0 spiro atoms. The number of benzene rings is 3. The van der Waals surface area contributed by atoms with Crippen LogP contribution in [0.15, 0.2) is 66.7 Å². The van der Waals surface area contributed by atoms with Crippen LogP contribution in [0, 0.1) is 17.1 Å². The smallest absolute Gasteiger partial charge is 0.128 e. The van der Waals surface area contributed by atoms with E-state index in [4.69, 9.17) is 5.26 Å². The zero-order chi connectivity index (χ0) is 22.8. The number of carbonyl (C=O) groups excluding carboxylic acids is 1. The number of aldehydes is 1. The summed E-state index contributed by atoms with van der Waals surface area (Å²) in [5.41, 5.74) is 4.48. The molecule has 31 heavy (non-hydrogen) atoms. The van der Waals surface area contributed by atoms with Gasteiger partial charge in [0.2, 0.25) is 0 Å². The lowest BCUT2D eigenvalue weighted by Gasteiger charge is -2.32. The molecule has 0 aromatic heterocycles. The number of halogens is 1. The van der Waals surface area contributed by atoms with Crippen molar-refractivity contribution < 1.29 is 9.18 Å². The van der Waals surface area contributed by atoms with E-state index in [1.807, 2.05) is 42.5 Å². The largest absolute Gasteiger partial charge is 0.303 e. The summed E-state index contributed by atoms with van der Waals surface area (Å²) in [6.45, 7) is 10.6. The van der Waals surface area contributed by atoms with E-state index in [-0.39, 0.29) is 16.9 Å². The summed E-state index contributed by atoms with van der Waals surface area (Å²) in [6, 6.07) is 22.4. The summed E-state index contributed by atoms with van der Waals surface area (Å²) in [5.74, 6) is -0.776. The van der Waals surface area contributed by atoms with E-state index in [2.05, 4.69) is 46.8 Å². The van der Waals surface area contributed by atoms with Gasteiger partial charge in [-0.15, -0.1) is 0 Å². The number of hydrogen-bond donors (Lipinski definition) is 0. The summed E-state index contributed by atoms with van der Waals surface area (Å²) in [5, 5.41) is 9.16. The number of carbonyl (C=O) groups is 1. The number of hydrogen-bond acceptors (Lipinski definition) is 2. The lowest BCUT2D eigenvalue weighted by Crippen LogP contribution is -2.28. The molecule has 1 atom stereocenters. The zero-order valence-corrected chi connectivity index (χ0v) is 18.7. The Balaban J connectivity index is 2.01. The quantitative estimate of drug-likeness (QED) is 0.426. The minimum Gasteiger partial charge on any atom is -0.303 e. The Hall–Kier alpha value is -3.25. The van der Waals surface area contributed by atoms with Crippen molar-refractivity contribution >= 4 is 6.29 Å². The maximum Gasteiger partial charge on any atom is 0.128 e. The lowest BCUT2D eigenvalue weighted by atomic mass is 9.70. The van der Waals surface area contributed by atoms with Crippen molar-refractivity contribution in [2.45, 2.75) is 51.4 Å². The first kappa shape index (κ1) is 22.4. The molecule has 2 nitrogen and oxygen atoms in total. The molecular formula is C28H28FNO. The van der Waals surface area contributed by atoms with Gasteiger partial charge in [0.25, 0.3) is 0 Å². The molecule has 0 radical (unpaired) electrons. The molecule has 0 fully saturated rings. The predicted octanol–water partition coefficient (Wildman–Crippen LogP) is 6.92. The molecule has 1 unspecified atom stereocenters. The minimum atomic E-state index is -0.480. The van der Waals surface area contributed by atoms with Gasteiger partial charge in [-0.1, -0.05) is 83.1 Å². The van der Waals surface area contributed by atoms with Gasteiger partial charge < -0.3 is 4.79 Å². The van der Waals surface area contributed by atoms with Crippen LogP contribution in [0.25, 0.3) is 11.1 Å². The van der Waals surface area contributed by atoms with Crippen molar-refractivity contribution in [1.29, 1.82) is 5.26 Å². The van der Waals surface area contributed by atoms with Crippen molar-refractivity contribution in [3.63, 3.8) is 0 Å². The first-order chi connectivity index (χ1) is 14.6. The summed E-state index contributed by atoms with van der Waals surface area (Å²) >= 11 is 0.